The Bertz CT molecular complexity index is 439. The van der Waals surface area contributed by atoms with Crippen molar-refractivity contribution in [2.45, 2.75) is 13.5 Å². The minimum absolute atomic E-state index is 0.138. The molecule has 0 aliphatic carbocycles. The second-order valence-electron chi connectivity index (χ2n) is 2.85. The van der Waals surface area contributed by atoms with Crippen LogP contribution in [0.25, 0.3) is 6.08 Å². The highest BCUT2D eigenvalue weighted by atomic mass is 16.5. The van der Waals surface area contributed by atoms with E-state index in [1.54, 1.807) is 25.1 Å². The molecule has 84 valence electrons. The number of nitriles is 1. The summed E-state index contributed by atoms with van der Waals surface area (Å²) in [6.07, 6.45) is 1.27. The molecule has 1 rings (SSSR count). The molecule has 1 aromatic heterocycles. The van der Waals surface area contributed by atoms with Crippen molar-refractivity contribution in [2.75, 3.05) is 6.61 Å². The third-order valence-corrected chi connectivity index (χ3v) is 1.74. The summed E-state index contributed by atoms with van der Waals surface area (Å²) in [7, 11) is 0. The largest absolute Gasteiger partial charge is 0.462 e. The molecule has 0 amide bonds. The van der Waals surface area contributed by atoms with E-state index >= 15 is 0 Å². The number of esters is 1. The maximum absolute atomic E-state index is 11.3. The van der Waals surface area contributed by atoms with Crippen LogP contribution in [0.5, 0.6) is 0 Å². The fourth-order valence-electron chi connectivity index (χ4n) is 1.04. The lowest BCUT2D eigenvalue weighted by Gasteiger charge is -1.97. The lowest BCUT2D eigenvalue weighted by Crippen LogP contribution is -2.05. The van der Waals surface area contributed by atoms with Crippen molar-refractivity contribution in [1.82, 2.24) is 0 Å². The SMILES string of the molecule is CCOC(=O)/C(C#N)=C\c1ccc(CO)o1. The number of hydrogen-bond acceptors (Lipinski definition) is 5. The zero-order valence-electron chi connectivity index (χ0n) is 8.77. The van der Waals surface area contributed by atoms with Crippen molar-refractivity contribution in [3.63, 3.8) is 0 Å². The molecule has 0 radical (unpaired) electrons. The molecule has 0 fully saturated rings. The zero-order chi connectivity index (χ0) is 12.0. The Labute approximate surface area is 92.6 Å². The van der Waals surface area contributed by atoms with Gasteiger partial charge in [-0.3, -0.25) is 0 Å². The van der Waals surface area contributed by atoms with E-state index in [4.69, 9.17) is 14.8 Å². The number of carbonyl (C=O) groups is 1. The van der Waals surface area contributed by atoms with E-state index in [1.807, 2.05) is 0 Å². The molecule has 0 saturated carbocycles. The molecule has 0 saturated heterocycles. The molecule has 0 aliphatic heterocycles. The van der Waals surface area contributed by atoms with Crippen LogP contribution in [0.3, 0.4) is 0 Å². The van der Waals surface area contributed by atoms with Gasteiger partial charge in [0.15, 0.2) is 0 Å². The molecule has 0 aromatic carbocycles. The van der Waals surface area contributed by atoms with Crippen molar-refractivity contribution in [1.29, 1.82) is 5.26 Å². The third-order valence-electron chi connectivity index (χ3n) is 1.74. The first-order valence-electron chi connectivity index (χ1n) is 4.69. The van der Waals surface area contributed by atoms with Gasteiger partial charge in [0, 0.05) is 6.08 Å². The van der Waals surface area contributed by atoms with E-state index in [2.05, 4.69) is 4.74 Å². The van der Waals surface area contributed by atoms with Gasteiger partial charge in [-0.25, -0.2) is 4.79 Å². The summed E-state index contributed by atoms with van der Waals surface area (Å²) in [6, 6.07) is 4.85. The predicted octanol–water partition coefficient (Wildman–Crippen LogP) is 1.24. The Morgan fingerprint density at radius 1 is 1.69 bits per heavy atom. The number of furan rings is 1. The second kappa shape index (κ2) is 5.73. The van der Waals surface area contributed by atoms with Gasteiger partial charge >= 0.3 is 5.97 Å². The van der Waals surface area contributed by atoms with Crippen LogP contribution in [0.1, 0.15) is 18.4 Å². The molecule has 0 unspecified atom stereocenters. The molecule has 1 N–H and O–H groups in total. The molecule has 0 spiro atoms. The minimum Gasteiger partial charge on any atom is -0.462 e. The number of aliphatic hydroxyl groups excluding tert-OH is 1. The summed E-state index contributed by atoms with van der Waals surface area (Å²) in [5, 5.41) is 17.5. The minimum atomic E-state index is -0.688. The van der Waals surface area contributed by atoms with Gasteiger partial charge in [0.05, 0.1) is 6.61 Å². The highest BCUT2D eigenvalue weighted by molar-refractivity contribution is 5.97. The first-order valence-corrected chi connectivity index (χ1v) is 4.69. The number of aliphatic hydroxyl groups is 1. The Morgan fingerprint density at radius 3 is 2.94 bits per heavy atom. The summed E-state index contributed by atoms with van der Waals surface area (Å²) in [4.78, 5) is 11.3. The number of carbonyl (C=O) groups excluding carboxylic acids is 1. The van der Waals surface area contributed by atoms with Crippen molar-refractivity contribution < 1.29 is 19.1 Å². The monoisotopic (exact) mass is 221 g/mol. The predicted molar refractivity (Wildman–Crippen MR) is 54.9 cm³/mol. The molecule has 0 bridgehead atoms. The van der Waals surface area contributed by atoms with Crippen LogP contribution in [0.4, 0.5) is 0 Å². The molecule has 1 heterocycles. The third kappa shape index (κ3) is 2.97. The average molecular weight is 221 g/mol. The normalized spacial score (nSPS) is 10.9. The smallest absolute Gasteiger partial charge is 0.349 e. The van der Waals surface area contributed by atoms with Gasteiger partial charge in [0.1, 0.15) is 29.8 Å². The number of nitrogens with zero attached hydrogens (tertiary/aromatic N) is 1. The number of ether oxygens (including phenoxy) is 1. The van der Waals surface area contributed by atoms with E-state index < -0.39 is 5.97 Å². The van der Waals surface area contributed by atoms with Gasteiger partial charge in [-0.05, 0) is 19.1 Å². The van der Waals surface area contributed by atoms with Crippen LogP contribution in [-0.4, -0.2) is 17.7 Å². The van der Waals surface area contributed by atoms with Gasteiger partial charge in [-0.15, -0.1) is 0 Å². The van der Waals surface area contributed by atoms with Crippen LogP contribution in [0.2, 0.25) is 0 Å². The lowest BCUT2D eigenvalue weighted by atomic mass is 10.2. The topological polar surface area (TPSA) is 83.5 Å². The quantitative estimate of drug-likeness (QED) is 0.470. The van der Waals surface area contributed by atoms with Crippen LogP contribution in [0.15, 0.2) is 22.1 Å². The molecular formula is C11H11NO4. The Morgan fingerprint density at radius 2 is 2.44 bits per heavy atom. The fraction of sp³-hybridized carbons (Fsp3) is 0.273. The van der Waals surface area contributed by atoms with Crippen LogP contribution in [0, 0.1) is 11.3 Å². The van der Waals surface area contributed by atoms with E-state index in [9.17, 15) is 4.79 Å². The second-order valence-corrected chi connectivity index (χ2v) is 2.85. The number of rotatable bonds is 4. The van der Waals surface area contributed by atoms with Gasteiger partial charge in [0.2, 0.25) is 0 Å². The van der Waals surface area contributed by atoms with E-state index in [0.29, 0.717) is 11.5 Å². The van der Waals surface area contributed by atoms with Crippen molar-refractivity contribution in [3.8, 4) is 6.07 Å². The molecular weight excluding hydrogens is 210 g/mol. The fourth-order valence-corrected chi connectivity index (χ4v) is 1.04. The van der Waals surface area contributed by atoms with Gasteiger partial charge in [-0.2, -0.15) is 5.26 Å². The van der Waals surface area contributed by atoms with Gasteiger partial charge in [0.25, 0.3) is 0 Å². The Kier molecular flexibility index (Phi) is 4.30. The first-order chi connectivity index (χ1) is 7.71. The molecule has 1 aromatic rings. The highest BCUT2D eigenvalue weighted by Gasteiger charge is 2.10. The van der Waals surface area contributed by atoms with Gasteiger partial charge in [-0.1, -0.05) is 0 Å². The average Bonchev–Trinajstić information content (AvgIpc) is 2.73. The first kappa shape index (κ1) is 12.0. The Balaban J connectivity index is 2.88. The van der Waals surface area contributed by atoms with Crippen LogP contribution in [-0.2, 0) is 16.1 Å². The summed E-state index contributed by atoms with van der Waals surface area (Å²) in [6.45, 7) is 1.64. The molecule has 0 aliphatic rings. The van der Waals surface area contributed by atoms with E-state index in [-0.39, 0.29) is 18.8 Å². The number of hydrogen-bond donors (Lipinski definition) is 1. The molecule has 0 atom stereocenters. The summed E-state index contributed by atoms with van der Waals surface area (Å²) in [5.74, 6) is 0.00741. The van der Waals surface area contributed by atoms with Crippen LogP contribution >= 0.6 is 0 Å². The van der Waals surface area contributed by atoms with Gasteiger partial charge < -0.3 is 14.3 Å². The zero-order valence-corrected chi connectivity index (χ0v) is 8.77. The molecule has 5 nitrogen and oxygen atoms in total. The maximum Gasteiger partial charge on any atom is 0.349 e. The lowest BCUT2D eigenvalue weighted by molar-refractivity contribution is -0.137. The molecule has 16 heavy (non-hydrogen) atoms. The van der Waals surface area contributed by atoms with Crippen LogP contribution < -0.4 is 0 Å². The highest BCUT2D eigenvalue weighted by Crippen LogP contribution is 2.12. The standard InChI is InChI=1S/C11H11NO4/c1-2-15-11(14)8(6-12)5-9-3-4-10(7-13)16-9/h3-5,13H,2,7H2,1H3/b8-5-. The molecule has 5 heteroatoms. The van der Waals surface area contributed by atoms with E-state index in [1.165, 1.54) is 6.08 Å². The van der Waals surface area contributed by atoms with Crippen molar-refractivity contribution >= 4 is 12.0 Å². The maximum atomic E-state index is 11.3. The summed E-state index contributed by atoms with van der Waals surface area (Å²) >= 11 is 0. The summed E-state index contributed by atoms with van der Waals surface area (Å²) < 4.78 is 9.79. The summed E-state index contributed by atoms with van der Waals surface area (Å²) in [5.41, 5.74) is -0.138. The van der Waals surface area contributed by atoms with Crippen molar-refractivity contribution in [3.05, 3.63) is 29.2 Å². The van der Waals surface area contributed by atoms with Crippen molar-refractivity contribution in [2.24, 2.45) is 0 Å². The van der Waals surface area contributed by atoms with E-state index in [0.717, 1.165) is 0 Å². The Hall–Kier alpha value is -2.06.